The third kappa shape index (κ3) is 6.74. The van der Waals surface area contributed by atoms with Crippen molar-refractivity contribution < 1.29 is 14.0 Å². The number of halogens is 2. The number of thioether (sulfide) groups is 1. The summed E-state index contributed by atoms with van der Waals surface area (Å²) in [5.41, 5.74) is 2.43. The SMILES string of the molecule is CCCNC(=O)C(C)N(Cc1ccccc1C)C(=O)CSCc1c(F)cccc1Cl. The first-order valence-electron chi connectivity index (χ1n) is 9.97. The molecule has 1 unspecified atom stereocenters. The fourth-order valence-corrected chi connectivity index (χ4v) is 4.19. The van der Waals surface area contributed by atoms with Crippen LogP contribution in [0.1, 0.15) is 37.0 Å². The van der Waals surface area contributed by atoms with Crippen molar-refractivity contribution in [2.24, 2.45) is 0 Å². The summed E-state index contributed by atoms with van der Waals surface area (Å²) in [4.78, 5) is 27.2. The Labute approximate surface area is 187 Å². The first-order valence-corrected chi connectivity index (χ1v) is 11.5. The first-order chi connectivity index (χ1) is 14.3. The van der Waals surface area contributed by atoms with Crippen molar-refractivity contribution in [2.75, 3.05) is 12.3 Å². The second-order valence-electron chi connectivity index (χ2n) is 7.11. The van der Waals surface area contributed by atoms with E-state index in [1.165, 1.54) is 17.8 Å². The van der Waals surface area contributed by atoms with Crippen molar-refractivity contribution in [2.45, 2.75) is 45.5 Å². The third-order valence-electron chi connectivity index (χ3n) is 4.85. The number of carbonyl (C=O) groups is 2. The molecule has 1 atom stereocenters. The van der Waals surface area contributed by atoms with E-state index in [-0.39, 0.29) is 29.1 Å². The van der Waals surface area contributed by atoms with Crippen molar-refractivity contribution in [3.63, 3.8) is 0 Å². The summed E-state index contributed by atoms with van der Waals surface area (Å²) < 4.78 is 14.0. The number of nitrogens with zero attached hydrogens (tertiary/aromatic N) is 1. The van der Waals surface area contributed by atoms with Gasteiger partial charge in [0.15, 0.2) is 0 Å². The van der Waals surface area contributed by atoms with E-state index < -0.39 is 6.04 Å². The summed E-state index contributed by atoms with van der Waals surface area (Å²) in [6, 6.07) is 11.7. The minimum absolute atomic E-state index is 0.127. The molecule has 0 bridgehead atoms. The zero-order valence-corrected chi connectivity index (χ0v) is 19.2. The van der Waals surface area contributed by atoms with Crippen molar-refractivity contribution in [3.05, 3.63) is 70.0 Å². The average Bonchev–Trinajstić information content (AvgIpc) is 2.72. The largest absolute Gasteiger partial charge is 0.354 e. The molecule has 162 valence electrons. The molecule has 0 fully saturated rings. The van der Waals surface area contributed by atoms with Crippen LogP contribution in [0.4, 0.5) is 4.39 Å². The van der Waals surface area contributed by atoms with Gasteiger partial charge in [-0.25, -0.2) is 4.39 Å². The highest BCUT2D eigenvalue weighted by molar-refractivity contribution is 7.99. The van der Waals surface area contributed by atoms with Gasteiger partial charge in [-0.05, 0) is 43.5 Å². The fourth-order valence-electron chi connectivity index (χ4n) is 2.94. The van der Waals surface area contributed by atoms with Crippen LogP contribution >= 0.6 is 23.4 Å². The van der Waals surface area contributed by atoms with E-state index in [0.29, 0.717) is 23.7 Å². The molecule has 0 saturated carbocycles. The normalized spacial score (nSPS) is 11.8. The molecule has 0 radical (unpaired) electrons. The van der Waals surface area contributed by atoms with Gasteiger partial charge in [-0.15, -0.1) is 11.8 Å². The summed E-state index contributed by atoms with van der Waals surface area (Å²) in [5, 5.41) is 3.20. The van der Waals surface area contributed by atoms with Gasteiger partial charge in [-0.2, -0.15) is 0 Å². The molecule has 30 heavy (non-hydrogen) atoms. The highest BCUT2D eigenvalue weighted by Crippen LogP contribution is 2.24. The standard InChI is InChI=1S/C23H28ClFN2O2S/c1-4-12-26-23(29)17(3)27(13-18-9-6-5-8-16(18)2)22(28)15-30-14-19-20(24)10-7-11-21(19)25/h5-11,17H,4,12-15H2,1-3H3,(H,26,29). The Morgan fingerprint density at radius 1 is 1.20 bits per heavy atom. The van der Waals surface area contributed by atoms with Crippen molar-refractivity contribution in [3.8, 4) is 0 Å². The lowest BCUT2D eigenvalue weighted by Crippen LogP contribution is -2.48. The molecule has 0 spiro atoms. The molecule has 2 aromatic rings. The van der Waals surface area contributed by atoms with Gasteiger partial charge in [0.2, 0.25) is 11.8 Å². The smallest absolute Gasteiger partial charge is 0.242 e. The number of amides is 2. The maximum absolute atomic E-state index is 14.0. The maximum atomic E-state index is 14.0. The molecular weight excluding hydrogens is 423 g/mol. The predicted molar refractivity (Wildman–Crippen MR) is 122 cm³/mol. The number of carbonyl (C=O) groups excluding carboxylic acids is 2. The van der Waals surface area contributed by atoms with Crippen LogP contribution in [0.15, 0.2) is 42.5 Å². The molecule has 0 aliphatic rings. The topological polar surface area (TPSA) is 49.4 Å². The lowest BCUT2D eigenvalue weighted by atomic mass is 10.1. The molecule has 1 N–H and O–H groups in total. The minimum atomic E-state index is -0.610. The van der Waals surface area contributed by atoms with Crippen LogP contribution in [0.3, 0.4) is 0 Å². The number of hydrogen-bond donors (Lipinski definition) is 1. The Hall–Kier alpha value is -2.05. The van der Waals surface area contributed by atoms with E-state index in [9.17, 15) is 14.0 Å². The van der Waals surface area contributed by atoms with Crippen LogP contribution in [0, 0.1) is 12.7 Å². The Morgan fingerprint density at radius 2 is 1.93 bits per heavy atom. The summed E-state index contributed by atoms with van der Waals surface area (Å²) in [7, 11) is 0. The molecule has 0 saturated heterocycles. The number of rotatable bonds is 10. The maximum Gasteiger partial charge on any atom is 0.242 e. The molecule has 0 aliphatic carbocycles. The van der Waals surface area contributed by atoms with Crippen LogP contribution in [0.25, 0.3) is 0 Å². The van der Waals surface area contributed by atoms with Gasteiger partial charge >= 0.3 is 0 Å². The zero-order valence-electron chi connectivity index (χ0n) is 17.6. The van der Waals surface area contributed by atoms with Crippen molar-refractivity contribution in [1.29, 1.82) is 0 Å². The minimum Gasteiger partial charge on any atom is -0.354 e. The third-order valence-corrected chi connectivity index (χ3v) is 6.15. The molecule has 2 amide bonds. The molecule has 0 aliphatic heterocycles. The van der Waals surface area contributed by atoms with Crippen LogP contribution in [-0.2, 0) is 21.9 Å². The lowest BCUT2D eigenvalue weighted by Gasteiger charge is -2.29. The van der Waals surface area contributed by atoms with E-state index in [4.69, 9.17) is 11.6 Å². The molecule has 4 nitrogen and oxygen atoms in total. The van der Waals surface area contributed by atoms with Crippen LogP contribution in [-0.4, -0.2) is 35.1 Å². The van der Waals surface area contributed by atoms with Gasteiger partial charge in [0, 0.05) is 29.4 Å². The van der Waals surface area contributed by atoms with Crippen LogP contribution in [0.2, 0.25) is 5.02 Å². The van der Waals surface area contributed by atoms with Gasteiger partial charge < -0.3 is 10.2 Å². The summed E-state index contributed by atoms with van der Waals surface area (Å²) in [6.07, 6.45) is 0.823. The Kier molecular flexibility index (Phi) is 9.66. The number of nitrogens with one attached hydrogen (secondary N) is 1. The molecule has 0 aromatic heterocycles. The fraction of sp³-hybridized carbons (Fsp3) is 0.391. The van der Waals surface area contributed by atoms with Crippen LogP contribution < -0.4 is 5.32 Å². The van der Waals surface area contributed by atoms with Gasteiger partial charge in [-0.3, -0.25) is 9.59 Å². The number of hydrogen-bond acceptors (Lipinski definition) is 3. The summed E-state index contributed by atoms with van der Waals surface area (Å²) >= 11 is 7.36. The van der Waals surface area contributed by atoms with Gasteiger partial charge in [0.05, 0.1) is 5.75 Å². The Morgan fingerprint density at radius 3 is 2.60 bits per heavy atom. The quantitative estimate of drug-likeness (QED) is 0.556. The highest BCUT2D eigenvalue weighted by atomic mass is 35.5. The second kappa shape index (κ2) is 12.0. The van der Waals surface area contributed by atoms with E-state index in [1.807, 2.05) is 38.1 Å². The predicted octanol–water partition coefficient (Wildman–Crippen LogP) is 4.96. The molecular formula is C23H28ClFN2O2S. The van der Waals surface area contributed by atoms with E-state index >= 15 is 0 Å². The van der Waals surface area contributed by atoms with E-state index in [2.05, 4.69) is 5.32 Å². The number of aryl methyl sites for hydroxylation is 1. The van der Waals surface area contributed by atoms with Gasteiger partial charge in [0.1, 0.15) is 11.9 Å². The van der Waals surface area contributed by atoms with E-state index in [1.54, 1.807) is 24.0 Å². The molecule has 2 aromatic carbocycles. The zero-order chi connectivity index (χ0) is 22.1. The van der Waals surface area contributed by atoms with Crippen molar-refractivity contribution in [1.82, 2.24) is 10.2 Å². The first kappa shape index (κ1) is 24.2. The Bertz CT molecular complexity index is 858. The second-order valence-corrected chi connectivity index (χ2v) is 8.50. The van der Waals surface area contributed by atoms with Crippen LogP contribution in [0.5, 0.6) is 0 Å². The van der Waals surface area contributed by atoms with E-state index in [0.717, 1.165) is 17.5 Å². The van der Waals surface area contributed by atoms with Crippen molar-refractivity contribution >= 4 is 35.2 Å². The molecule has 0 heterocycles. The van der Waals surface area contributed by atoms with Gasteiger partial charge in [0.25, 0.3) is 0 Å². The lowest BCUT2D eigenvalue weighted by molar-refractivity contribution is -0.138. The molecule has 7 heteroatoms. The highest BCUT2D eigenvalue weighted by Gasteiger charge is 2.26. The summed E-state index contributed by atoms with van der Waals surface area (Å²) in [5.74, 6) is -0.323. The average molecular weight is 451 g/mol. The summed E-state index contributed by atoms with van der Waals surface area (Å²) in [6.45, 7) is 6.60. The monoisotopic (exact) mass is 450 g/mol. The number of benzene rings is 2. The van der Waals surface area contributed by atoms with Gasteiger partial charge in [-0.1, -0.05) is 48.9 Å². The Balaban J connectivity index is 2.11. The molecule has 2 rings (SSSR count).